The maximum atomic E-state index is 11.1. The number of nitrogens with one attached hydrogen (secondary N) is 1. The zero-order valence-electron chi connectivity index (χ0n) is 7.51. The summed E-state index contributed by atoms with van der Waals surface area (Å²) >= 11 is 0. The first kappa shape index (κ1) is 8.02. The van der Waals surface area contributed by atoms with Crippen LogP contribution in [0.3, 0.4) is 0 Å². The second-order valence-electron chi connectivity index (χ2n) is 4.16. The lowest BCUT2D eigenvalue weighted by Gasteiger charge is -2.36. The second kappa shape index (κ2) is 3.04. The van der Waals surface area contributed by atoms with Crippen LogP contribution in [-0.4, -0.2) is 17.0 Å². The molecule has 0 radical (unpaired) electrons. The molecule has 1 spiro atoms. The molecule has 3 heteroatoms. The molecule has 1 N–H and O–H groups in total. The lowest BCUT2D eigenvalue weighted by atomic mass is 9.78. The van der Waals surface area contributed by atoms with Gasteiger partial charge in [-0.3, -0.25) is 0 Å². The zero-order chi connectivity index (χ0) is 8.44. The number of hydrogen-bond donors (Lipinski definition) is 1. The van der Waals surface area contributed by atoms with E-state index in [4.69, 9.17) is 0 Å². The van der Waals surface area contributed by atoms with Crippen molar-refractivity contribution in [2.45, 2.75) is 50.5 Å². The fraction of sp³-hybridized carbons (Fsp3) is 1.00. The van der Waals surface area contributed by atoms with E-state index in [9.17, 15) is 4.91 Å². The van der Waals surface area contributed by atoms with Crippen LogP contribution in [0.2, 0.25) is 0 Å². The van der Waals surface area contributed by atoms with Crippen molar-refractivity contribution >= 4 is 0 Å². The van der Waals surface area contributed by atoms with E-state index in [1.54, 1.807) is 0 Å². The largest absolute Gasteiger partial charge is 0.225 e. The summed E-state index contributed by atoms with van der Waals surface area (Å²) in [6, 6.07) is 0. The van der Waals surface area contributed by atoms with Gasteiger partial charge in [-0.15, -0.1) is 5.43 Å². The average Bonchev–Trinajstić information content (AvgIpc) is 2.05. The van der Waals surface area contributed by atoms with E-state index in [0.717, 1.165) is 11.3 Å². The average molecular weight is 169 g/mol. The Bertz CT molecular complexity index is 179. The molecule has 1 heterocycles. The minimum atomic E-state index is 0.193. The van der Waals surface area contributed by atoms with E-state index in [1.165, 1.54) is 38.5 Å². The first-order valence-electron chi connectivity index (χ1n) is 5.03. The van der Waals surface area contributed by atoms with E-state index < -0.39 is 0 Å². The smallest absolute Gasteiger partial charge is 0.147 e. The Morgan fingerprint density at radius 2 is 1.67 bits per heavy atom. The van der Waals surface area contributed by atoms with Crippen LogP contribution in [0, 0.1) is 4.91 Å². The molecule has 0 unspecified atom stereocenters. The number of rotatable bonds is 0. The molecular formula is C9H17N2O+. The number of nitroso groups, excluding NO2 is 1. The molecule has 0 amide bonds. The van der Waals surface area contributed by atoms with Crippen LogP contribution in [0.15, 0.2) is 0 Å². The van der Waals surface area contributed by atoms with Crippen molar-refractivity contribution in [3.63, 3.8) is 0 Å². The molecule has 68 valence electrons. The summed E-state index contributed by atoms with van der Waals surface area (Å²) in [5.41, 5.74) is 3.30. The summed E-state index contributed by atoms with van der Waals surface area (Å²) in [6.07, 6.45) is 8.60. The molecule has 0 aromatic rings. The molecule has 1 saturated carbocycles. The van der Waals surface area contributed by atoms with Gasteiger partial charge in [0.2, 0.25) is 6.54 Å². The third kappa shape index (κ3) is 1.45. The number of nitrogens with zero attached hydrogens (tertiary/aromatic N) is 1. The normalized spacial score (nSPS) is 28.5. The molecule has 1 saturated heterocycles. The van der Waals surface area contributed by atoms with Crippen molar-refractivity contribution in [1.82, 2.24) is 5.43 Å². The first-order valence-corrected chi connectivity index (χ1v) is 5.03. The Kier molecular flexibility index (Phi) is 2.03. The fourth-order valence-corrected chi connectivity index (χ4v) is 2.53. The van der Waals surface area contributed by atoms with Crippen LogP contribution in [-0.2, 0) is 0 Å². The summed E-state index contributed by atoms with van der Waals surface area (Å²) in [7, 11) is 0. The Hall–Kier alpha value is -0.600. The topological polar surface area (TPSA) is 32.1 Å². The van der Waals surface area contributed by atoms with Crippen LogP contribution in [0.1, 0.15) is 44.9 Å². The lowest BCUT2D eigenvalue weighted by molar-refractivity contribution is -0.631. The van der Waals surface area contributed by atoms with Crippen LogP contribution in [0.25, 0.3) is 0 Å². The van der Waals surface area contributed by atoms with Gasteiger partial charge in [0.05, 0.1) is 10.4 Å². The van der Waals surface area contributed by atoms with E-state index in [-0.39, 0.29) is 5.54 Å². The standard InChI is InChI=1S/C9H17N2O/c12-11-8-4-7-9(10-11)5-2-1-3-6-9/h1-8H2,(H,10,12)/q+1. The number of hydrazine groups is 1. The predicted octanol–water partition coefficient (Wildman–Crippen LogP) is 1.77. The third-order valence-electron chi connectivity index (χ3n) is 3.19. The predicted molar refractivity (Wildman–Crippen MR) is 46.7 cm³/mol. The van der Waals surface area contributed by atoms with E-state index in [1.807, 2.05) is 0 Å². The molecule has 3 nitrogen and oxygen atoms in total. The van der Waals surface area contributed by atoms with Crippen molar-refractivity contribution in [3.8, 4) is 0 Å². The highest BCUT2D eigenvalue weighted by Crippen LogP contribution is 2.33. The highest BCUT2D eigenvalue weighted by Gasteiger charge is 2.40. The van der Waals surface area contributed by atoms with Gasteiger partial charge in [-0.1, -0.05) is 19.3 Å². The Labute approximate surface area is 73.1 Å². The van der Waals surface area contributed by atoms with Gasteiger partial charge in [0.25, 0.3) is 0 Å². The highest BCUT2D eigenvalue weighted by molar-refractivity contribution is 4.88. The Morgan fingerprint density at radius 3 is 2.33 bits per heavy atom. The van der Waals surface area contributed by atoms with Crippen LogP contribution < -0.4 is 5.43 Å². The van der Waals surface area contributed by atoms with Crippen LogP contribution >= 0.6 is 0 Å². The van der Waals surface area contributed by atoms with Crippen molar-refractivity contribution < 1.29 is 4.87 Å². The molecule has 0 atom stereocenters. The molecule has 2 aliphatic rings. The molecule has 0 aromatic heterocycles. The van der Waals surface area contributed by atoms with Crippen LogP contribution in [0.5, 0.6) is 0 Å². The zero-order valence-corrected chi connectivity index (χ0v) is 7.51. The maximum Gasteiger partial charge on any atom is 0.225 e. The van der Waals surface area contributed by atoms with Crippen molar-refractivity contribution in [2.24, 2.45) is 0 Å². The summed E-state index contributed by atoms with van der Waals surface area (Å²) < 4.78 is 0. The Morgan fingerprint density at radius 1 is 1.00 bits per heavy atom. The minimum absolute atomic E-state index is 0.193. The molecule has 1 aliphatic heterocycles. The van der Waals surface area contributed by atoms with Gasteiger partial charge in [0.15, 0.2) is 0 Å². The van der Waals surface area contributed by atoms with Crippen molar-refractivity contribution in [2.75, 3.05) is 6.54 Å². The van der Waals surface area contributed by atoms with Crippen molar-refractivity contribution in [3.05, 3.63) is 4.91 Å². The summed E-state index contributed by atoms with van der Waals surface area (Å²) in [4.78, 5) is 12.2. The van der Waals surface area contributed by atoms with E-state index in [0.29, 0.717) is 6.54 Å². The fourth-order valence-electron chi connectivity index (χ4n) is 2.53. The van der Waals surface area contributed by atoms with Gasteiger partial charge in [0, 0.05) is 6.42 Å². The summed E-state index contributed by atoms with van der Waals surface area (Å²) in [6.45, 7) is 0.668. The molecular weight excluding hydrogens is 152 g/mol. The molecule has 2 rings (SSSR count). The SMILES string of the molecule is O=[N+]1CCCC2(CCCCC2)N1. The van der Waals surface area contributed by atoms with Crippen molar-refractivity contribution in [1.29, 1.82) is 0 Å². The van der Waals surface area contributed by atoms with Gasteiger partial charge >= 0.3 is 0 Å². The minimum Gasteiger partial charge on any atom is -0.147 e. The van der Waals surface area contributed by atoms with Crippen LogP contribution in [0.4, 0.5) is 0 Å². The van der Waals surface area contributed by atoms with Gasteiger partial charge in [-0.05, 0) is 19.3 Å². The van der Waals surface area contributed by atoms with E-state index >= 15 is 0 Å². The Balaban J connectivity index is 2.02. The summed E-state index contributed by atoms with van der Waals surface area (Å²) in [5, 5.41) is 0. The quantitative estimate of drug-likeness (QED) is 0.560. The summed E-state index contributed by atoms with van der Waals surface area (Å²) in [5.74, 6) is 0. The van der Waals surface area contributed by atoms with Gasteiger partial charge in [0.1, 0.15) is 4.87 Å². The third-order valence-corrected chi connectivity index (χ3v) is 3.19. The number of hydrogen-bond acceptors (Lipinski definition) is 1. The highest BCUT2D eigenvalue weighted by atomic mass is 16.3. The lowest BCUT2D eigenvalue weighted by Crippen LogP contribution is -2.54. The molecule has 0 aromatic carbocycles. The maximum absolute atomic E-state index is 11.1. The van der Waals surface area contributed by atoms with Gasteiger partial charge in [-0.25, -0.2) is 0 Å². The molecule has 0 bridgehead atoms. The van der Waals surface area contributed by atoms with Gasteiger partial charge < -0.3 is 0 Å². The molecule has 1 aliphatic carbocycles. The van der Waals surface area contributed by atoms with E-state index in [2.05, 4.69) is 5.43 Å². The second-order valence-corrected chi connectivity index (χ2v) is 4.16. The first-order chi connectivity index (χ1) is 5.81. The monoisotopic (exact) mass is 169 g/mol. The molecule has 12 heavy (non-hydrogen) atoms. The molecule has 2 fully saturated rings. The van der Waals surface area contributed by atoms with Gasteiger partial charge in [-0.2, -0.15) is 0 Å².